The van der Waals surface area contributed by atoms with Crippen molar-refractivity contribution in [3.05, 3.63) is 0 Å². The molecule has 0 N–H and O–H groups in total. The van der Waals surface area contributed by atoms with E-state index in [0.29, 0.717) is 11.7 Å². The first-order valence-electron chi connectivity index (χ1n) is 3.93. The van der Waals surface area contributed by atoms with E-state index in [-0.39, 0.29) is 0 Å². The first-order chi connectivity index (χ1) is 4.84. The Labute approximate surface area is 70.3 Å². The quantitative estimate of drug-likeness (QED) is 0.633. The van der Waals surface area contributed by atoms with Gasteiger partial charge in [0.05, 0.1) is 0 Å². The summed E-state index contributed by atoms with van der Waals surface area (Å²) in [5.41, 5.74) is 0. The molecule has 0 spiro atoms. The highest BCUT2D eigenvalue weighted by atomic mass is 79.9. The maximum absolute atomic E-state index is 11.2. The van der Waals surface area contributed by atoms with Crippen molar-refractivity contribution in [3.63, 3.8) is 0 Å². The second-order valence-corrected chi connectivity index (χ2v) is 3.68. The van der Waals surface area contributed by atoms with Crippen molar-refractivity contribution in [2.24, 2.45) is 5.92 Å². The summed E-state index contributed by atoms with van der Waals surface area (Å²) in [7, 11) is 0. The molecule has 0 aromatic heterocycles. The molecule has 0 heterocycles. The highest BCUT2D eigenvalue weighted by Crippen LogP contribution is 2.23. The number of hydrogen-bond donors (Lipinski definition) is 0. The summed E-state index contributed by atoms with van der Waals surface area (Å²) < 4.78 is 0. The van der Waals surface area contributed by atoms with Gasteiger partial charge in [-0.1, -0.05) is 22.4 Å². The van der Waals surface area contributed by atoms with Crippen LogP contribution in [0.2, 0.25) is 0 Å². The van der Waals surface area contributed by atoms with E-state index < -0.39 is 0 Å². The number of alkyl halides is 1. The van der Waals surface area contributed by atoms with Crippen LogP contribution in [0.3, 0.4) is 0 Å². The van der Waals surface area contributed by atoms with Crippen LogP contribution in [-0.4, -0.2) is 11.1 Å². The molecule has 1 atom stereocenters. The molecule has 10 heavy (non-hydrogen) atoms. The number of Topliss-reactive ketones (excluding diaryl/α,β-unsaturated/α-hetero) is 1. The molecule has 0 radical (unpaired) electrons. The van der Waals surface area contributed by atoms with Crippen LogP contribution in [0.4, 0.5) is 0 Å². The van der Waals surface area contributed by atoms with E-state index in [0.717, 1.165) is 31.0 Å². The first-order valence-corrected chi connectivity index (χ1v) is 5.05. The zero-order chi connectivity index (χ0) is 7.40. The SMILES string of the molecule is O=C1CCCCC1CCBr. The molecule has 0 aromatic carbocycles. The van der Waals surface area contributed by atoms with Crippen LogP contribution in [0.1, 0.15) is 32.1 Å². The summed E-state index contributed by atoms with van der Waals surface area (Å²) in [6, 6.07) is 0. The number of carbonyl (C=O) groups excluding carboxylic acids is 1. The van der Waals surface area contributed by atoms with E-state index in [1.54, 1.807) is 0 Å². The van der Waals surface area contributed by atoms with Crippen molar-refractivity contribution in [1.82, 2.24) is 0 Å². The predicted molar refractivity (Wildman–Crippen MR) is 45.4 cm³/mol. The summed E-state index contributed by atoms with van der Waals surface area (Å²) in [5, 5.41) is 0.976. The van der Waals surface area contributed by atoms with Crippen molar-refractivity contribution in [1.29, 1.82) is 0 Å². The van der Waals surface area contributed by atoms with Crippen LogP contribution in [0.5, 0.6) is 0 Å². The Morgan fingerprint density at radius 1 is 1.50 bits per heavy atom. The molecule has 2 heteroatoms. The number of halogens is 1. The van der Waals surface area contributed by atoms with Gasteiger partial charge in [-0.3, -0.25) is 4.79 Å². The van der Waals surface area contributed by atoms with E-state index >= 15 is 0 Å². The predicted octanol–water partition coefficient (Wildman–Crippen LogP) is 2.53. The fourth-order valence-corrected chi connectivity index (χ4v) is 2.04. The fraction of sp³-hybridized carbons (Fsp3) is 0.875. The van der Waals surface area contributed by atoms with Crippen LogP contribution in [0, 0.1) is 5.92 Å². The van der Waals surface area contributed by atoms with E-state index in [1.807, 2.05) is 0 Å². The lowest BCUT2D eigenvalue weighted by Crippen LogP contribution is -2.18. The number of rotatable bonds is 2. The van der Waals surface area contributed by atoms with Crippen LogP contribution >= 0.6 is 15.9 Å². The standard InChI is InChI=1S/C8H13BrO/c9-6-5-7-3-1-2-4-8(7)10/h7H,1-6H2. The molecule has 0 aliphatic heterocycles. The van der Waals surface area contributed by atoms with Gasteiger partial charge in [-0.05, 0) is 19.3 Å². The maximum Gasteiger partial charge on any atom is 0.136 e. The minimum Gasteiger partial charge on any atom is -0.299 e. The second kappa shape index (κ2) is 4.12. The van der Waals surface area contributed by atoms with E-state index in [2.05, 4.69) is 15.9 Å². The smallest absolute Gasteiger partial charge is 0.136 e. The summed E-state index contributed by atoms with van der Waals surface area (Å²) in [4.78, 5) is 11.2. The van der Waals surface area contributed by atoms with Crippen molar-refractivity contribution in [2.45, 2.75) is 32.1 Å². The Bertz CT molecular complexity index is 120. The molecule has 0 aromatic rings. The molecule has 0 saturated heterocycles. The largest absolute Gasteiger partial charge is 0.299 e. The molecule has 1 fully saturated rings. The zero-order valence-electron chi connectivity index (χ0n) is 6.11. The third-order valence-electron chi connectivity index (χ3n) is 2.14. The van der Waals surface area contributed by atoms with Gasteiger partial charge in [0.2, 0.25) is 0 Å². The molecular formula is C8H13BrO. The van der Waals surface area contributed by atoms with Crippen LogP contribution in [0.25, 0.3) is 0 Å². The summed E-state index contributed by atoms with van der Waals surface area (Å²) in [6.45, 7) is 0. The summed E-state index contributed by atoms with van der Waals surface area (Å²) in [6.07, 6.45) is 5.38. The lowest BCUT2D eigenvalue weighted by molar-refractivity contribution is -0.124. The highest BCUT2D eigenvalue weighted by molar-refractivity contribution is 9.09. The molecule has 1 rings (SSSR count). The number of ketones is 1. The Morgan fingerprint density at radius 2 is 2.30 bits per heavy atom. The van der Waals surface area contributed by atoms with Crippen LogP contribution < -0.4 is 0 Å². The first kappa shape index (κ1) is 8.25. The lowest BCUT2D eigenvalue weighted by atomic mass is 9.86. The van der Waals surface area contributed by atoms with Crippen LogP contribution in [-0.2, 0) is 4.79 Å². The number of hydrogen-bond acceptors (Lipinski definition) is 1. The van der Waals surface area contributed by atoms with Gasteiger partial charge in [0.25, 0.3) is 0 Å². The molecule has 1 aliphatic carbocycles. The molecular weight excluding hydrogens is 192 g/mol. The summed E-state index contributed by atoms with van der Waals surface area (Å²) in [5.74, 6) is 0.874. The molecule has 1 saturated carbocycles. The van der Waals surface area contributed by atoms with Gasteiger partial charge in [-0.2, -0.15) is 0 Å². The monoisotopic (exact) mass is 204 g/mol. The molecule has 0 amide bonds. The molecule has 1 nitrogen and oxygen atoms in total. The molecule has 0 bridgehead atoms. The van der Waals surface area contributed by atoms with Gasteiger partial charge < -0.3 is 0 Å². The van der Waals surface area contributed by atoms with Gasteiger partial charge in [0.1, 0.15) is 5.78 Å². The fourth-order valence-electron chi connectivity index (χ4n) is 1.49. The minimum absolute atomic E-state index is 0.383. The lowest BCUT2D eigenvalue weighted by Gasteiger charge is -2.18. The van der Waals surface area contributed by atoms with Crippen molar-refractivity contribution in [2.75, 3.05) is 5.33 Å². The average Bonchev–Trinajstić information content (AvgIpc) is 1.94. The van der Waals surface area contributed by atoms with Gasteiger partial charge in [0, 0.05) is 17.7 Å². The molecule has 1 aliphatic rings. The third-order valence-corrected chi connectivity index (χ3v) is 2.60. The average molecular weight is 205 g/mol. The van der Waals surface area contributed by atoms with Crippen molar-refractivity contribution in [3.8, 4) is 0 Å². The normalized spacial score (nSPS) is 26.9. The third kappa shape index (κ3) is 2.08. The van der Waals surface area contributed by atoms with Crippen LogP contribution in [0.15, 0.2) is 0 Å². The topological polar surface area (TPSA) is 17.1 Å². The highest BCUT2D eigenvalue weighted by Gasteiger charge is 2.20. The van der Waals surface area contributed by atoms with E-state index in [4.69, 9.17) is 0 Å². The Balaban J connectivity index is 2.32. The molecule has 1 unspecified atom stereocenters. The second-order valence-electron chi connectivity index (χ2n) is 2.89. The Hall–Kier alpha value is 0.150. The van der Waals surface area contributed by atoms with Gasteiger partial charge >= 0.3 is 0 Å². The Kier molecular flexibility index (Phi) is 3.40. The van der Waals surface area contributed by atoms with Gasteiger partial charge in [0.15, 0.2) is 0 Å². The molecule has 58 valence electrons. The van der Waals surface area contributed by atoms with Gasteiger partial charge in [-0.25, -0.2) is 0 Å². The zero-order valence-corrected chi connectivity index (χ0v) is 7.69. The van der Waals surface area contributed by atoms with E-state index in [9.17, 15) is 4.79 Å². The summed E-state index contributed by atoms with van der Waals surface area (Å²) >= 11 is 3.36. The number of carbonyl (C=O) groups is 1. The van der Waals surface area contributed by atoms with Crippen molar-refractivity contribution < 1.29 is 4.79 Å². The minimum atomic E-state index is 0.383. The van der Waals surface area contributed by atoms with Crippen molar-refractivity contribution >= 4 is 21.7 Å². The maximum atomic E-state index is 11.2. The van der Waals surface area contributed by atoms with Gasteiger partial charge in [-0.15, -0.1) is 0 Å². The Morgan fingerprint density at radius 3 is 2.90 bits per heavy atom. The van der Waals surface area contributed by atoms with E-state index in [1.165, 1.54) is 6.42 Å².